The van der Waals surface area contributed by atoms with Crippen molar-refractivity contribution in [2.45, 2.75) is 19.4 Å². The van der Waals surface area contributed by atoms with Crippen LogP contribution in [0, 0.1) is 6.92 Å². The molecule has 0 aliphatic rings. The second-order valence-corrected chi connectivity index (χ2v) is 5.22. The van der Waals surface area contributed by atoms with Crippen LogP contribution in [-0.4, -0.2) is 4.98 Å². The zero-order valence-corrected chi connectivity index (χ0v) is 10.6. The summed E-state index contributed by atoms with van der Waals surface area (Å²) in [6, 6.07) is 1.71. The van der Waals surface area contributed by atoms with Crippen LogP contribution in [0.3, 0.4) is 0 Å². The normalized spacial score (nSPS) is 13.0. The monoisotopic (exact) mass is 286 g/mol. The van der Waals surface area contributed by atoms with Gasteiger partial charge >= 0.3 is 0 Å². The van der Waals surface area contributed by atoms with E-state index in [0.717, 1.165) is 20.9 Å². The summed E-state index contributed by atoms with van der Waals surface area (Å²) in [5.41, 5.74) is 7.04. The van der Waals surface area contributed by atoms with Gasteiger partial charge in [-0.1, -0.05) is 0 Å². The molecular formula is C10H11BrN2OS. The molecule has 15 heavy (non-hydrogen) atoms. The second-order valence-electron chi connectivity index (χ2n) is 3.30. The third-order valence-corrected chi connectivity index (χ3v) is 3.55. The maximum Gasteiger partial charge on any atom is 0.134 e. The van der Waals surface area contributed by atoms with Crippen LogP contribution in [0.15, 0.2) is 26.6 Å². The van der Waals surface area contributed by atoms with E-state index >= 15 is 0 Å². The second kappa shape index (κ2) is 4.47. The molecule has 1 unspecified atom stereocenters. The fourth-order valence-corrected chi connectivity index (χ4v) is 2.51. The van der Waals surface area contributed by atoms with Crippen LogP contribution in [0.25, 0.3) is 0 Å². The van der Waals surface area contributed by atoms with Crippen molar-refractivity contribution in [2.75, 3.05) is 0 Å². The Hall–Kier alpha value is -0.650. The highest BCUT2D eigenvalue weighted by atomic mass is 79.9. The molecule has 0 spiro atoms. The lowest BCUT2D eigenvalue weighted by molar-refractivity contribution is 0.460. The Morgan fingerprint density at radius 1 is 1.67 bits per heavy atom. The highest BCUT2D eigenvalue weighted by Crippen LogP contribution is 2.25. The van der Waals surface area contributed by atoms with Gasteiger partial charge in [0.2, 0.25) is 0 Å². The van der Waals surface area contributed by atoms with E-state index in [-0.39, 0.29) is 6.04 Å². The topological polar surface area (TPSA) is 52.0 Å². The lowest BCUT2D eigenvalue weighted by Crippen LogP contribution is -2.13. The number of thiazole rings is 1. The van der Waals surface area contributed by atoms with E-state index in [1.54, 1.807) is 17.6 Å². The lowest BCUT2D eigenvalue weighted by atomic mass is 10.1. The van der Waals surface area contributed by atoms with Gasteiger partial charge in [-0.05, 0) is 28.9 Å². The van der Waals surface area contributed by atoms with Gasteiger partial charge in [0, 0.05) is 11.8 Å². The van der Waals surface area contributed by atoms with Gasteiger partial charge in [-0.15, -0.1) is 11.3 Å². The number of nitrogens with zero attached hydrogens (tertiary/aromatic N) is 1. The molecule has 0 aliphatic carbocycles. The summed E-state index contributed by atoms with van der Waals surface area (Å²) in [6.45, 7) is 1.99. The highest BCUT2D eigenvalue weighted by Gasteiger charge is 2.15. The van der Waals surface area contributed by atoms with Gasteiger partial charge in [0.1, 0.15) is 5.76 Å². The van der Waals surface area contributed by atoms with Crippen molar-refractivity contribution in [1.82, 2.24) is 4.98 Å². The lowest BCUT2D eigenvalue weighted by Gasteiger charge is -2.06. The zero-order valence-electron chi connectivity index (χ0n) is 8.24. The molecular weight excluding hydrogens is 276 g/mol. The maximum absolute atomic E-state index is 6.02. The van der Waals surface area contributed by atoms with Gasteiger partial charge in [-0.3, -0.25) is 0 Å². The molecule has 5 heteroatoms. The molecule has 0 fully saturated rings. The van der Waals surface area contributed by atoms with E-state index in [0.29, 0.717) is 6.42 Å². The fourth-order valence-electron chi connectivity index (χ4n) is 1.39. The van der Waals surface area contributed by atoms with Crippen LogP contribution in [-0.2, 0) is 6.42 Å². The van der Waals surface area contributed by atoms with Gasteiger partial charge in [-0.25, -0.2) is 4.98 Å². The van der Waals surface area contributed by atoms with E-state index in [2.05, 4.69) is 20.9 Å². The molecule has 0 saturated heterocycles. The molecule has 1 atom stereocenters. The number of halogens is 1. The third kappa shape index (κ3) is 2.48. The van der Waals surface area contributed by atoms with E-state index in [1.165, 1.54) is 0 Å². The fraction of sp³-hybridized carbons (Fsp3) is 0.300. The first-order valence-corrected chi connectivity index (χ1v) is 6.23. The summed E-state index contributed by atoms with van der Waals surface area (Å²) >= 11 is 5.03. The van der Waals surface area contributed by atoms with Crippen molar-refractivity contribution in [2.24, 2.45) is 5.73 Å². The average Bonchev–Trinajstić information content (AvgIpc) is 2.75. The van der Waals surface area contributed by atoms with Gasteiger partial charge in [0.15, 0.2) is 0 Å². The van der Waals surface area contributed by atoms with Crippen LogP contribution in [0.4, 0.5) is 0 Å². The minimum atomic E-state index is -0.143. The first-order valence-electron chi connectivity index (χ1n) is 4.56. The predicted octanol–water partition coefficient (Wildman–Crippen LogP) is 3.05. The summed E-state index contributed by atoms with van der Waals surface area (Å²) in [5.74, 6) is 0.778. The van der Waals surface area contributed by atoms with E-state index < -0.39 is 0 Å². The SMILES string of the molecule is Cc1nc(CC(N)c2occc2Br)cs1. The Morgan fingerprint density at radius 3 is 3.00 bits per heavy atom. The number of furan rings is 1. The van der Waals surface area contributed by atoms with Crippen molar-refractivity contribution in [3.05, 3.63) is 38.6 Å². The van der Waals surface area contributed by atoms with Crippen molar-refractivity contribution < 1.29 is 4.42 Å². The summed E-state index contributed by atoms with van der Waals surface area (Å²) in [6.07, 6.45) is 2.34. The minimum absolute atomic E-state index is 0.143. The first kappa shape index (κ1) is 10.9. The summed E-state index contributed by atoms with van der Waals surface area (Å²) in [5, 5.41) is 3.10. The average molecular weight is 287 g/mol. The quantitative estimate of drug-likeness (QED) is 0.944. The van der Waals surface area contributed by atoms with Crippen molar-refractivity contribution >= 4 is 27.3 Å². The Kier molecular flexibility index (Phi) is 3.23. The molecule has 80 valence electrons. The minimum Gasteiger partial charge on any atom is -0.466 e. The third-order valence-electron chi connectivity index (χ3n) is 2.08. The molecule has 2 N–H and O–H groups in total. The molecule has 0 amide bonds. The van der Waals surface area contributed by atoms with Gasteiger partial charge < -0.3 is 10.2 Å². The maximum atomic E-state index is 6.02. The van der Waals surface area contributed by atoms with Gasteiger partial charge in [0.05, 0.1) is 27.5 Å². The van der Waals surface area contributed by atoms with Crippen molar-refractivity contribution in [1.29, 1.82) is 0 Å². The molecule has 0 radical (unpaired) electrons. The molecule has 2 aromatic heterocycles. The summed E-state index contributed by atoms with van der Waals surface area (Å²) in [4.78, 5) is 4.37. The van der Waals surface area contributed by atoms with Crippen LogP contribution in [0.1, 0.15) is 22.5 Å². The Morgan fingerprint density at radius 2 is 2.47 bits per heavy atom. The Labute approximate surface area is 100 Å². The van der Waals surface area contributed by atoms with E-state index in [4.69, 9.17) is 10.2 Å². The molecule has 0 aliphatic heterocycles. The first-order chi connectivity index (χ1) is 7.16. The molecule has 0 saturated carbocycles. The number of nitrogens with two attached hydrogens (primary N) is 1. The molecule has 2 heterocycles. The predicted molar refractivity (Wildman–Crippen MR) is 63.9 cm³/mol. The van der Waals surface area contributed by atoms with E-state index in [9.17, 15) is 0 Å². The number of hydrogen-bond donors (Lipinski definition) is 1. The van der Waals surface area contributed by atoms with Gasteiger partial charge in [0.25, 0.3) is 0 Å². The highest BCUT2D eigenvalue weighted by molar-refractivity contribution is 9.10. The molecule has 3 nitrogen and oxygen atoms in total. The molecule has 0 aromatic carbocycles. The van der Waals surface area contributed by atoms with Crippen LogP contribution in [0.2, 0.25) is 0 Å². The Bertz CT molecular complexity index is 452. The van der Waals surface area contributed by atoms with Crippen molar-refractivity contribution in [3.63, 3.8) is 0 Å². The smallest absolute Gasteiger partial charge is 0.134 e. The largest absolute Gasteiger partial charge is 0.466 e. The summed E-state index contributed by atoms with van der Waals surface area (Å²) < 4.78 is 6.23. The molecule has 0 bridgehead atoms. The number of aryl methyl sites for hydroxylation is 1. The Balaban J connectivity index is 2.10. The van der Waals surface area contributed by atoms with Crippen molar-refractivity contribution in [3.8, 4) is 0 Å². The van der Waals surface area contributed by atoms with Crippen LogP contribution >= 0.6 is 27.3 Å². The number of rotatable bonds is 3. The van der Waals surface area contributed by atoms with Gasteiger partial charge in [-0.2, -0.15) is 0 Å². The zero-order chi connectivity index (χ0) is 10.8. The van der Waals surface area contributed by atoms with Crippen LogP contribution < -0.4 is 5.73 Å². The summed E-state index contributed by atoms with van der Waals surface area (Å²) in [7, 11) is 0. The number of aromatic nitrogens is 1. The van der Waals surface area contributed by atoms with E-state index in [1.807, 2.05) is 18.4 Å². The molecule has 2 rings (SSSR count). The molecule has 2 aromatic rings. The standard InChI is InChI=1S/C10H11BrN2OS/c1-6-13-7(5-15-6)4-9(12)10-8(11)2-3-14-10/h2-3,5,9H,4,12H2,1H3. The number of hydrogen-bond acceptors (Lipinski definition) is 4. The van der Waals surface area contributed by atoms with Crippen LogP contribution in [0.5, 0.6) is 0 Å².